The molecule has 7 nitrogen and oxygen atoms in total. The van der Waals surface area contributed by atoms with Gasteiger partial charge in [0.15, 0.2) is 9.84 Å². The van der Waals surface area contributed by atoms with Crippen molar-refractivity contribution in [2.45, 2.75) is 51.5 Å². The summed E-state index contributed by atoms with van der Waals surface area (Å²) in [6.07, 6.45) is 3.95. The molecule has 29 heavy (non-hydrogen) atoms. The average Bonchev–Trinajstić information content (AvgIpc) is 2.91. The fraction of sp³-hybridized carbons (Fsp3) is 0.619. The Labute approximate surface area is 171 Å². The molecule has 1 saturated carbocycles. The molecule has 2 N–H and O–H groups in total. The Morgan fingerprint density at radius 2 is 1.93 bits per heavy atom. The third kappa shape index (κ3) is 4.05. The van der Waals surface area contributed by atoms with Crippen LogP contribution in [0.25, 0.3) is 11.0 Å². The van der Waals surface area contributed by atoms with Crippen LogP contribution < -0.4 is 11.4 Å². The highest BCUT2D eigenvalue weighted by molar-refractivity contribution is 7.90. The van der Waals surface area contributed by atoms with E-state index in [-0.39, 0.29) is 35.7 Å². The van der Waals surface area contributed by atoms with E-state index < -0.39 is 15.5 Å². The molecule has 0 spiro atoms. The number of carbonyl (C=O) groups excluding carboxylic acids is 1. The highest BCUT2D eigenvalue weighted by Gasteiger charge is 2.37. The lowest BCUT2D eigenvalue weighted by Crippen LogP contribution is -2.40. The summed E-state index contributed by atoms with van der Waals surface area (Å²) in [5, 5.41) is 0. The van der Waals surface area contributed by atoms with Crippen molar-refractivity contribution in [1.82, 2.24) is 9.13 Å². The lowest BCUT2D eigenvalue weighted by molar-refractivity contribution is 0.0633. The van der Waals surface area contributed by atoms with E-state index in [0.717, 1.165) is 25.5 Å². The van der Waals surface area contributed by atoms with Gasteiger partial charge >= 0.3 is 5.69 Å². The van der Waals surface area contributed by atoms with E-state index in [2.05, 4.69) is 20.8 Å². The van der Waals surface area contributed by atoms with Crippen LogP contribution in [-0.2, 0) is 16.4 Å². The van der Waals surface area contributed by atoms with Crippen LogP contribution in [0, 0.1) is 23.7 Å². The van der Waals surface area contributed by atoms with Gasteiger partial charge in [-0.25, -0.2) is 17.8 Å². The molecule has 2 aromatic rings. The molecule has 1 aromatic heterocycles. The molecule has 0 bridgehead atoms. The predicted molar refractivity (Wildman–Crippen MR) is 114 cm³/mol. The number of benzene rings is 1. The van der Waals surface area contributed by atoms with Gasteiger partial charge in [-0.2, -0.15) is 0 Å². The number of carbonyl (C=O) groups is 1. The molecule has 0 radical (unpaired) electrons. The van der Waals surface area contributed by atoms with E-state index in [1.807, 2.05) is 0 Å². The molecule has 1 aliphatic rings. The average molecular weight is 422 g/mol. The van der Waals surface area contributed by atoms with Gasteiger partial charge in [0.1, 0.15) is 0 Å². The topological polar surface area (TPSA) is 104 Å². The molecular weight excluding hydrogens is 390 g/mol. The lowest BCUT2D eigenvalue weighted by Gasteiger charge is -2.36. The minimum absolute atomic E-state index is 0.117. The molecule has 1 aromatic carbocycles. The Morgan fingerprint density at radius 3 is 2.52 bits per heavy atom. The van der Waals surface area contributed by atoms with Crippen LogP contribution in [0.3, 0.4) is 0 Å². The number of fused-ring (bicyclic) bond motifs is 1. The fourth-order valence-corrected chi connectivity index (χ4v) is 5.32. The number of hydrogen-bond acceptors (Lipinski definition) is 5. The van der Waals surface area contributed by atoms with Gasteiger partial charge in [-0.1, -0.05) is 27.2 Å². The van der Waals surface area contributed by atoms with Gasteiger partial charge in [-0.15, -0.1) is 0 Å². The van der Waals surface area contributed by atoms with Crippen LogP contribution in [-0.4, -0.2) is 36.3 Å². The Kier molecular flexibility index (Phi) is 6.06. The first-order valence-corrected chi connectivity index (χ1v) is 12.1. The molecule has 0 aliphatic heterocycles. The molecule has 0 unspecified atom stereocenters. The van der Waals surface area contributed by atoms with E-state index in [4.69, 9.17) is 5.73 Å². The largest absolute Gasteiger partial charge is 0.336 e. The van der Waals surface area contributed by atoms with E-state index in [9.17, 15) is 18.0 Å². The predicted octanol–water partition coefficient (Wildman–Crippen LogP) is 2.51. The Bertz CT molecular complexity index is 1080. The minimum Gasteiger partial charge on any atom is -0.329 e. The number of nitrogens with zero attached hydrogens (tertiary/aromatic N) is 2. The molecule has 8 heteroatoms. The van der Waals surface area contributed by atoms with Crippen LogP contribution >= 0.6 is 0 Å². The van der Waals surface area contributed by atoms with Gasteiger partial charge in [0.05, 0.1) is 15.9 Å². The lowest BCUT2D eigenvalue weighted by atomic mass is 9.69. The Hall–Kier alpha value is -1.93. The highest BCUT2D eigenvalue weighted by atomic mass is 32.2. The second-order valence-corrected chi connectivity index (χ2v) is 10.8. The fourth-order valence-electron chi connectivity index (χ4n) is 4.68. The standard InChI is InChI=1S/C21H31N3O4S/c1-13(2)16-7-5-14(3)11-17(16)20(25)24-18-8-6-15(29(4,27)28)12-19(18)23(10-9-22)21(24)26/h6,8,12-14,16-17H,5,7,9-11,22H2,1-4H3/t14-,16+,17-/m1/s1. The zero-order valence-corrected chi connectivity index (χ0v) is 18.4. The molecule has 1 heterocycles. The summed E-state index contributed by atoms with van der Waals surface area (Å²) in [6, 6.07) is 4.49. The second kappa shape index (κ2) is 8.07. The Morgan fingerprint density at radius 1 is 1.24 bits per heavy atom. The number of rotatable bonds is 5. The van der Waals surface area contributed by atoms with Gasteiger partial charge in [0, 0.05) is 25.3 Å². The van der Waals surface area contributed by atoms with Crippen molar-refractivity contribution in [3.63, 3.8) is 0 Å². The van der Waals surface area contributed by atoms with E-state index in [1.165, 1.54) is 21.3 Å². The quantitative estimate of drug-likeness (QED) is 0.799. The van der Waals surface area contributed by atoms with Crippen LogP contribution in [0.2, 0.25) is 0 Å². The van der Waals surface area contributed by atoms with Gasteiger partial charge in [0.2, 0.25) is 5.91 Å². The van der Waals surface area contributed by atoms with E-state index >= 15 is 0 Å². The third-order valence-corrected chi connectivity index (χ3v) is 7.35. The van der Waals surface area contributed by atoms with Gasteiger partial charge < -0.3 is 5.73 Å². The first kappa shape index (κ1) is 21.8. The maximum absolute atomic E-state index is 13.6. The van der Waals surface area contributed by atoms with E-state index in [0.29, 0.717) is 22.9 Å². The van der Waals surface area contributed by atoms with Crippen molar-refractivity contribution >= 4 is 26.8 Å². The van der Waals surface area contributed by atoms with Gasteiger partial charge in [-0.05, 0) is 48.8 Å². The smallest absolute Gasteiger partial charge is 0.329 e. The highest BCUT2D eigenvalue weighted by Crippen LogP contribution is 2.39. The summed E-state index contributed by atoms with van der Waals surface area (Å²) < 4.78 is 26.6. The Balaban J connectivity index is 2.19. The summed E-state index contributed by atoms with van der Waals surface area (Å²) in [5.41, 5.74) is 6.12. The number of nitrogens with two attached hydrogens (primary N) is 1. The summed E-state index contributed by atoms with van der Waals surface area (Å²) in [6.45, 7) is 6.83. The molecule has 1 aliphatic carbocycles. The van der Waals surface area contributed by atoms with Crippen molar-refractivity contribution in [1.29, 1.82) is 0 Å². The van der Waals surface area contributed by atoms with Crippen LogP contribution in [0.1, 0.15) is 44.8 Å². The number of aromatic nitrogens is 2. The molecule has 0 saturated heterocycles. The number of sulfone groups is 1. The zero-order valence-electron chi connectivity index (χ0n) is 17.6. The van der Waals surface area contributed by atoms with E-state index in [1.54, 1.807) is 6.07 Å². The normalized spacial score (nSPS) is 23.0. The second-order valence-electron chi connectivity index (χ2n) is 8.75. The summed E-state index contributed by atoms with van der Waals surface area (Å²) in [7, 11) is -3.44. The van der Waals surface area contributed by atoms with Crippen LogP contribution in [0.5, 0.6) is 0 Å². The van der Waals surface area contributed by atoms with Gasteiger partial charge in [-0.3, -0.25) is 9.36 Å². The summed E-state index contributed by atoms with van der Waals surface area (Å²) >= 11 is 0. The maximum atomic E-state index is 13.6. The monoisotopic (exact) mass is 421 g/mol. The molecule has 1 fully saturated rings. The summed E-state index contributed by atoms with van der Waals surface area (Å²) in [5.74, 6) is 0.607. The minimum atomic E-state index is -3.44. The zero-order chi connectivity index (χ0) is 21.5. The van der Waals surface area contributed by atoms with Crippen molar-refractivity contribution < 1.29 is 13.2 Å². The maximum Gasteiger partial charge on any atom is 0.336 e. The molecular formula is C21H31N3O4S. The summed E-state index contributed by atoms with van der Waals surface area (Å²) in [4.78, 5) is 26.9. The van der Waals surface area contributed by atoms with Crippen molar-refractivity contribution in [3.8, 4) is 0 Å². The SMILES string of the molecule is CC(C)[C@@H]1CC[C@@H](C)C[C@H]1C(=O)n1c(=O)n(CCN)c2cc(S(C)(=O)=O)ccc21. The number of imidazole rings is 1. The molecule has 3 atom stereocenters. The van der Waals surface area contributed by atoms with Gasteiger partial charge in [0.25, 0.3) is 0 Å². The first-order chi connectivity index (χ1) is 13.6. The van der Waals surface area contributed by atoms with Crippen molar-refractivity contribution in [2.24, 2.45) is 29.4 Å². The van der Waals surface area contributed by atoms with Crippen molar-refractivity contribution in [2.75, 3.05) is 12.8 Å². The molecule has 3 rings (SSSR count). The van der Waals surface area contributed by atoms with Crippen LogP contribution in [0.15, 0.2) is 27.9 Å². The van der Waals surface area contributed by atoms with Crippen LogP contribution in [0.4, 0.5) is 0 Å². The first-order valence-electron chi connectivity index (χ1n) is 10.3. The van der Waals surface area contributed by atoms with Crippen molar-refractivity contribution in [3.05, 3.63) is 28.7 Å². The third-order valence-electron chi connectivity index (χ3n) is 6.24. The molecule has 160 valence electrons. The number of hydrogen-bond donors (Lipinski definition) is 1. The molecule has 0 amide bonds.